The minimum absolute atomic E-state index is 0.143. The minimum atomic E-state index is -0.593. The molecule has 124 valence electrons. The van der Waals surface area contributed by atoms with E-state index in [0.29, 0.717) is 10.6 Å². The number of ketones is 1. The molecule has 2 aromatic rings. The largest absolute Gasteiger partial charge is 0.462 e. The predicted molar refractivity (Wildman–Crippen MR) is 91.4 cm³/mol. The third kappa shape index (κ3) is 4.67. The average molecular weight is 346 g/mol. The molecule has 24 heavy (non-hydrogen) atoms. The lowest BCUT2D eigenvalue weighted by Gasteiger charge is -2.11. The summed E-state index contributed by atoms with van der Waals surface area (Å²) in [5.41, 5.74) is 0.850. The van der Waals surface area contributed by atoms with Gasteiger partial charge in [0.1, 0.15) is 0 Å². The minimum Gasteiger partial charge on any atom is -0.462 e. The molecule has 0 aliphatic heterocycles. The zero-order valence-electron chi connectivity index (χ0n) is 13.0. The molecule has 0 unspecified atom stereocenters. The topological polar surface area (TPSA) is 72.5 Å². The van der Waals surface area contributed by atoms with Crippen molar-refractivity contribution in [2.24, 2.45) is 0 Å². The van der Waals surface area contributed by atoms with Crippen molar-refractivity contribution in [3.8, 4) is 0 Å². The number of hydrogen-bond donors (Lipinski definition) is 1. The summed E-state index contributed by atoms with van der Waals surface area (Å²) in [7, 11) is 0. The molecule has 2 rings (SSSR count). The molecule has 1 amide bonds. The van der Waals surface area contributed by atoms with Gasteiger partial charge in [0.15, 0.2) is 5.78 Å². The van der Waals surface area contributed by atoms with Gasteiger partial charge in [0.25, 0.3) is 0 Å². The molecule has 0 aliphatic carbocycles. The monoisotopic (exact) mass is 345 g/mol. The number of halogens is 1. The maximum atomic E-state index is 12.1. The van der Waals surface area contributed by atoms with E-state index in [-0.39, 0.29) is 30.1 Å². The molecule has 0 bridgehead atoms. The Morgan fingerprint density at radius 1 is 1.08 bits per heavy atom. The molecular formula is C18H16ClNO4. The van der Waals surface area contributed by atoms with Crippen LogP contribution in [-0.4, -0.2) is 24.3 Å². The zero-order chi connectivity index (χ0) is 17.5. The van der Waals surface area contributed by atoms with Crippen molar-refractivity contribution in [3.63, 3.8) is 0 Å². The van der Waals surface area contributed by atoms with E-state index in [1.54, 1.807) is 43.3 Å². The Morgan fingerprint density at radius 3 is 2.46 bits per heavy atom. The first-order valence-corrected chi connectivity index (χ1v) is 7.74. The number of nitrogens with one attached hydrogen (secondary N) is 1. The number of benzene rings is 2. The second kappa shape index (κ2) is 8.26. The second-order valence-electron chi connectivity index (χ2n) is 4.92. The van der Waals surface area contributed by atoms with Crippen LogP contribution in [0.1, 0.15) is 34.1 Å². The highest BCUT2D eigenvalue weighted by molar-refractivity contribution is 6.31. The standard InChI is InChI=1S/C18H16ClNO4/c1-2-24-18(23)14-10-13(19)8-9-15(14)20-17(22)11-16(21)12-6-4-3-5-7-12/h3-10H,2,11H2,1H3,(H,20,22). The molecule has 0 saturated heterocycles. The Balaban J connectivity index is 2.11. The van der Waals surface area contributed by atoms with Gasteiger partial charge in [-0.15, -0.1) is 0 Å². The van der Waals surface area contributed by atoms with Crippen LogP contribution in [0.15, 0.2) is 48.5 Å². The third-order valence-corrected chi connectivity index (χ3v) is 3.40. The van der Waals surface area contributed by atoms with Crippen LogP contribution in [0, 0.1) is 0 Å². The zero-order valence-corrected chi connectivity index (χ0v) is 13.8. The van der Waals surface area contributed by atoms with Gasteiger partial charge in [-0.2, -0.15) is 0 Å². The second-order valence-corrected chi connectivity index (χ2v) is 5.36. The van der Waals surface area contributed by atoms with Crippen LogP contribution in [0.2, 0.25) is 5.02 Å². The Labute approximate surface area is 144 Å². The fourth-order valence-electron chi connectivity index (χ4n) is 2.07. The predicted octanol–water partition coefficient (Wildman–Crippen LogP) is 3.73. The molecule has 0 spiro atoms. The molecule has 0 fully saturated rings. The quantitative estimate of drug-likeness (QED) is 0.492. The Morgan fingerprint density at radius 2 is 1.79 bits per heavy atom. The maximum absolute atomic E-state index is 12.1. The van der Waals surface area contributed by atoms with Crippen LogP contribution in [-0.2, 0) is 9.53 Å². The van der Waals surface area contributed by atoms with Crippen LogP contribution < -0.4 is 5.32 Å². The van der Waals surface area contributed by atoms with E-state index >= 15 is 0 Å². The van der Waals surface area contributed by atoms with Gasteiger partial charge >= 0.3 is 5.97 Å². The molecule has 0 saturated carbocycles. The van der Waals surface area contributed by atoms with E-state index in [9.17, 15) is 14.4 Å². The third-order valence-electron chi connectivity index (χ3n) is 3.17. The number of amides is 1. The summed E-state index contributed by atoms with van der Waals surface area (Å²) in [6.45, 7) is 1.88. The molecule has 0 heterocycles. The molecular weight excluding hydrogens is 330 g/mol. The van der Waals surface area contributed by atoms with E-state index in [0.717, 1.165) is 0 Å². The van der Waals surface area contributed by atoms with Crippen molar-refractivity contribution in [3.05, 3.63) is 64.7 Å². The fraction of sp³-hybridized carbons (Fsp3) is 0.167. The van der Waals surface area contributed by atoms with Gasteiger partial charge in [-0.3, -0.25) is 9.59 Å². The van der Waals surface area contributed by atoms with Crippen molar-refractivity contribution >= 4 is 34.9 Å². The highest BCUT2D eigenvalue weighted by Gasteiger charge is 2.17. The number of carbonyl (C=O) groups is 3. The summed E-state index contributed by atoms with van der Waals surface area (Å²) >= 11 is 5.89. The lowest BCUT2D eigenvalue weighted by molar-refractivity contribution is -0.115. The van der Waals surface area contributed by atoms with E-state index in [1.165, 1.54) is 12.1 Å². The summed E-state index contributed by atoms with van der Waals surface area (Å²) in [6.07, 6.45) is -0.324. The van der Waals surface area contributed by atoms with Gasteiger partial charge in [-0.25, -0.2) is 4.79 Å². The highest BCUT2D eigenvalue weighted by atomic mass is 35.5. The molecule has 0 aliphatic rings. The number of hydrogen-bond acceptors (Lipinski definition) is 4. The number of rotatable bonds is 6. The summed E-state index contributed by atoms with van der Waals surface area (Å²) in [5, 5.41) is 2.90. The Hall–Kier alpha value is -2.66. The average Bonchev–Trinajstić information content (AvgIpc) is 2.57. The Kier molecular flexibility index (Phi) is 6.09. The first-order valence-electron chi connectivity index (χ1n) is 7.36. The number of carbonyl (C=O) groups excluding carboxylic acids is 3. The summed E-state index contributed by atoms with van der Waals surface area (Å²) < 4.78 is 4.94. The molecule has 2 aromatic carbocycles. The lowest BCUT2D eigenvalue weighted by Crippen LogP contribution is -2.19. The first-order chi connectivity index (χ1) is 11.5. The van der Waals surface area contributed by atoms with E-state index in [2.05, 4.69) is 5.32 Å². The van der Waals surface area contributed by atoms with Gasteiger partial charge in [-0.05, 0) is 25.1 Å². The van der Waals surface area contributed by atoms with Crippen molar-refractivity contribution in [1.82, 2.24) is 0 Å². The molecule has 6 heteroatoms. The molecule has 0 atom stereocenters. The van der Waals surface area contributed by atoms with E-state index < -0.39 is 11.9 Å². The summed E-state index contributed by atoms with van der Waals surface area (Å²) in [4.78, 5) is 36.1. The van der Waals surface area contributed by atoms with Crippen molar-refractivity contribution in [1.29, 1.82) is 0 Å². The smallest absolute Gasteiger partial charge is 0.340 e. The number of anilines is 1. The van der Waals surface area contributed by atoms with Crippen LogP contribution >= 0.6 is 11.6 Å². The van der Waals surface area contributed by atoms with Gasteiger partial charge in [0.2, 0.25) is 5.91 Å². The van der Waals surface area contributed by atoms with E-state index in [1.807, 2.05) is 0 Å². The normalized spacial score (nSPS) is 10.1. The molecule has 0 aromatic heterocycles. The van der Waals surface area contributed by atoms with Gasteiger partial charge in [0.05, 0.1) is 24.3 Å². The highest BCUT2D eigenvalue weighted by Crippen LogP contribution is 2.22. The summed E-state index contributed by atoms with van der Waals surface area (Å²) in [6, 6.07) is 13.0. The molecule has 0 radical (unpaired) electrons. The van der Waals surface area contributed by atoms with Crippen molar-refractivity contribution < 1.29 is 19.1 Å². The van der Waals surface area contributed by atoms with Gasteiger partial charge < -0.3 is 10.1 Å². The Bertz CT molecular complexity index is 759. The van der Waals surface area contributed by atoms with Crippen molar-refractivity contribution in [2.75, 3.05) is 11.9 Å². The van der Waals surface area contributed by atoms with Crippen LogP contribution in [0.25, 0.3) is 0 Å². The van der Waals surface area contributed by atoms with Crippen LogP contribution in [0.3, 0.4) is 0 Å². The first kappa shape index (κ1) is 17.7. The summed E-state index contributed by atoms with van der Waals surface area (Å²) in [5.74, 6) is -1.42. The van der Waals surface area contributed by atoms with Gasteiger partial charge in [-0.1, -0.05) is 41.9 Å². The molecule has 1 N–H and O–H groups in total. The van der Waals surface area contributed by atoms with E-state index in [4.69, 9.17) is 16.3 Å². The molecule has 5 nitrogen and oxygen atoms in total. The maximum Gasteiger partial charge on any atom is 0.340 e. The van der Waals surface area contributed by atoms with Crippen molar-refractivity contribution in [2.45, 2.75) is 13.3 Å². The number of esters is 1. The van der Waals surface area contributed by atoms with Gasteiger partial charge in [0, 0.05) is 10.6 Å². The lowest BCUT2D eigenvalue weighted by atomic mass is 10.1. The number of Topliss-reactive ketones (excluding diaryl/α,β-unsaturated/α-hetero) is 1. The fourth-order valence-corrected chi connectivity index (χ4v) is 2.24. The van der Waals surface area contributed by atoms with Crippen LogP contribution in [0.4, 0.5) is 5.69 Å². The SMILES string of the molecule is CCOC(=O)c1cc(Cl)ccc1NC(=O)CC(=O)c1ccccc1. The van der Waals surface area contributed by atoms with Crippen LogP contribution in [0.5, 0.6) is 0 Å². The number of ether oxygens (including phenoxy) is 1.